The standard InChI is InChI=1S/C27H22N2O5/c30-25(28-18-8-9-18)17-5-3-4-16(10-17)13-29-21-7-2-1-6-19(21)27(26(29)31)14-32-22-12-24-23(11-20(22)27)33-15-34-24/h1-7,10-12,18H,8-9,13-15H2,(H,28,30). The van der Waals surface area contributed by atoms with E-state index in [-0.39, 0.29) is 25.2 Å². The van der Waals surface area contributed by atoms with E-state index >= 15 is 0 Å². The van der Waals surface area contributed by atoms with Gasteiger partial charge in [-0.25, -0.2) is 0 Å². The van der Waals surface area contributed by atoms with E-state index in [4.69, 9.17) is 14.2 Å². The second-order valence-corrected chi connectivity index (χ2v) is 9.25. The number of para-hydroxylation sites is 1. The fraction of sp³-hybridized carbons (Fsp3) is 0.259. The number of anilines is 1. The highest BCUT2D eigenvalue weighted by atomic mass is 16.7. The molecule has 0 aromatic heterocycles. The van der Waals surface area contributed by atoms with Gasteiger partial charge in [-0.15, -0.1) is 0 Å². The zero-order valence-corrected chi connectivity index (χ0v) is 18.4. The summed E-state index contributed by atoms with van der Waals surface area (Å²) in [6, 6.07) is 19.3. The zero-order chi connectivity index (χ0) is 22.9. The molecule has 1 N–H and O–H groups in total. The van der Waals surface area contributed by atoms with Crippen molar-refractivity contribution in [3.63, 3.8) is 0 Å². The lowest BCUT2D eigenvalue weighted by molar-refractivity contribution is -0.122. The highest BCUT2D eigenvalue weighted by Crippen LogP contribution is 2.55. The third-order valence-electron chi connectivity index (χ3n) is 7.09. The number of amides is 2. The minimum absolute atomic E-state index is 0.0425. The van der Waals surface area contributed by atoms with Crippen LogP contribution in [-0.2, 0) is 16.8 Å². The summed E-state index contributed by atoms with van der Waals surface area (Å²) in [7, 11) is 0. The molecule has 7 rings (SSSR count). The number of carbonyl (C=O) groups excluding carboxylic acids is 2. The van der Waals surface area contributed by atoms with E-state index in [0.29, 0.717) is 35.4 Å². The summed E-state index contributed by atoms with van der Waals surface area (Å²) >= 11 is 0. The summed E-state index contributed by atoms with van der Waals surface area (Å²) in [5.74, 6) is 1.80. The van der Waals surface area contributed by atoms with Crippen molar-refractivity contribution in [2.75, 3.05) is 18.3 Å². The van der Waals surface area contributed by atoms with E-state index in [1.165, 1.54) is 0 Å². The van der Waals surface area contributed by atoms with Crippen molar-refractivity contribution in [2.45, 2.75) is 30.8 Å². The molecule has 4 aliphatic rings. The molecular weight excluding hydrogens is 432 g/mol. The maximum atomic E-state index is 14.1. The molecule has 2 amide bonds. The second-order valence-electron chi connectivity index (χ2n) is 9.25. The number of carbonyl (C=O) groups is 2. The largest absolute Gasteiger partial charge is 0.491 e. The molecule has 170 valence electrons. The summed E-state index contributed by atoms with van der Waals surface area (Å²) in [4.78, 5) is 28.5. The third kappa shape index (κ3) is 2.76. The van der Waals surface area contributed by atoms with Gasteiger partial charge in [-0.3, -0.25) is 9.59 Å². The Bertz CT molecular complexity index is 1360. The van der Waals surface area contributed by atoms with Gasteiger partial charge in [-0.1, -0.05) is 30.3 Å². The van der Waals surface area contributed by atoms with E-state index < -0.39 is 5.41 Å². The fourth-order valence-electron chi connectivity index (χ4n) is 5.21. The van der Waals surface area contributed by atoms with Gasteiger partial charge in [0.15, 0.2) is 11.5 Å². The van der Waals surface area contributed by atoms with Crippen molar-refractivity contribution in [3.05, 3.63) is 82.9 Å². The van der Waals surface area contributed by atoms with Crippen molar-refractivity contribution in [1.82, 2.24) is 5.32 Å². The molecule has 0 radical (unpaired) electrons. The Balaban J connectivity index is 1.27. The molecule has 0 bridgehead atoms. The van der Waals surface area contributed by atoms with Gasteiger partial charge in [0, 0.05) is 28.9 Å². The number of hydrogen-bond donors (Lipinski definition) is 1. The average Bonchev–Trinajstić information content (AvgIpc) is 3.34. The number of fused-ring (bicyclic) bond motifs is 5. The van der Waals surface area contributed by atoms with Crippen LogP contribution in [0, 0.1) is 0 Å². The highest BCUT2D eigenvalue weighted by Gasteiger charge is 2.57. The van der Waals surface area contributed by atoms with Crippen LogP contribution in [0.5, 0.6) is 17.2 Å². The lowest BCUT2D eigenvalue weighted by Crippen LogP contribution is -2.42. The number of hydrogen-bond acceptors (Lipinski definition) is 5. The molecule has 0 saturated heterocycles. The number of ether oxygens (including phenoxy) is 3. The van der Waals surface area contributed by atoms with E-state index in [2.05, 4.69) is 5.32 Å². The first-order valence-corrected chi connectivity index (χ1v) is 11.5. The molecule has 7 nitrogen and oxygen atoms in total. The molecule has 1 aliphatic carbocycles. The van der Waals surface area contributed by atoms with Crippen LogP contribution >= 0.6 is 0 Å². The fourth-order valence-corrected chi connectivity index (χ4v) is 5.21. The average molecular weight is 454 g/mol. The first-order valence-electron chi connectivity index (χ1n) is 11.5. The lowest BCUT2D eigenvalue weighted by atomic mass is 9.77. The summed E-state index contributed by atoms with van der Waals surface area (Å²) in [5, 5.41) is 3.03. The van der Waals surface area contributed by atoms with Gasteiger partial charge >= 0.3 is 0 Å². The Hall–Kier alpha value is -4.00. The zero-order valence-electron chi connectivity index (χ0n) is 18.4. The van der Waals surface area contributed by atoms with Gasteiger partial charge in [-0.05, 0) is 48.2 Å². The van der Waals surface area contributed by atoms with Crippen molar-refractivity contribution in [2.24, 2.45) is 0 Å². The van der Waals surface area contributed by atoms with Crippen LogP contribution in [0.4, 0.5) is 5.69 Å². The SMILES string of the molecule is O=C(NC1CC1)c1cccc(CN2C(=O)C3(COc4cc5c(cc43)OCO5)c3ccccc32)c1. The van der Waals surface area contributed by atoms with Crippen LogP contribution in [-0.4, -0.2) is 31.3 Å². The van der Waals surface area contributed by atoms with Crippen LogP contribution in [0.1, 0.15) is 39.9 Å². The molecule has 1 fully saturated rings. The topological polar surface area (TPSA) is 77.1 Å². The van der Waals surface area contributed by atoms with E-state index in [9.17, 15) is 9.59 Å². The molecule has 1 spiro atoms. The van der Waals surface area contributed by atoms with Crippen LogP contribution < -0.4 is 24.4 Å². The van der Waals surface area contributed by atoms with E-state index in [1.807, 2.05) is 60.7 Å². The summed E-state index contributed by atoms with van der Waals surface area (Å²) in [6.45, 7) is 0.746. The lowest BCUT2D eigenvalue weighted by Gasteiger charge is -2.23. The third-order valence-corrected chi connectivity index (χ3v) is 7.09. The molecule has 3 heterocycles. The molecule has 3 aliphatic heterocycles. The first-order chi connectivity index (χ1) is 16.6. The second kappa shape index (κ2) is 7.00. The van der Waals surface area contributed by atoms with Crippen molar-refractivity contribution >= 4 is 17.5 Å². The van der Waals surface area contributed by atoms with Crippen LogP contribution in [0.25, 0.3) is 0 Å². The summed E-state index contributed by atoms with van der Waals surface area (Å²) in [5.41, 5.74) is 3.15. The Morgan fingerprint density at radius 3 is 2.62 bits per heavy atom. The molecule has 7 heteroatoms. The minimum Gasteiger partial charge on any atom is -0.491 e. The number of benzene rings is 3. The predicted molar refractivity (Wildman–Crippen MR) is 123 cm³/mol. The highest BCUT2D eigenvalue weighted by molar-refractivity contribution is 6.11. The molecular formula is C27H22N2O5. The van der Waals surface area contributed by atoms with E-state index in [1.54, 1.807) is 4.90 Å². The molecule has 34 heavy (non-hydrogen) atoms. The van der Waals surface area contributed by atoms with Crippen LogP contribution in [0.15, 0.2) is 60.7 Å². The Morgan fingerprint density at radius 2 is 1.76 bits per heavy atom. The van der Waals surface area contributed by atoms with Crippen molar-refractivity contribution in [1.29, 1.82) is 0 Å². The molecule has 1 saturated carbocycles. The maximum absolute atomic E-state index is 14.1. The molecule has 3 aromatic carbocycles. The normalized spacial score (nSPS) is 21.4. The van der Waals surface area contributed by atoms with Crippen LogP contribution in [0.2, 0.25) is 0 Å². The number of rotatable bonds is 4. The summed E-state index contributed by atoms with van der Waals surface area (Å²) in [6.07, 6.45) is 2.08. The maximum Gasteiger partial charge on any atom is 0.251 e. The Kier molecular flexibility index (Phi) is 4.01. The van der Waals surface area contributed by atoms with Gasteiger partial charge in [0.25, 0.3) is 5.91 Å². The van der Waals surface area contributed by atoms with Gasteiger partial charge < -0.3 is 24.4 Å². The monoisotopic (exact) mass is 454 g/mol. The smallest absolute Gasteiger partial charge is 0.251 e. The van der Waals surface area contributed by atoms with Crippen molar-refractivity contribution < 1.29 is 23.8 Å². The Labute approximate surface area is 196 Å². The van der Waals surface area contributed by atoms with Crippen LogP contribution in [0.3, 0.4) is 0 Å². The van der Waals surface area contributed by atoms with Crippen molar-refractivity contribution in [3.8, 4) is 17.2 Å². The number of nitrogens with one attached hydrogen (secondary N) is 1. The van der Waals surface area contributed by atoms with Gasteiger partial charge in [0.05, 0.1) is 6.54 Å². The molecule has 1 atom stereocenters. The molecule has 3 aromatic rings. The van der Waals surface area contributed by atoms with Gasteiger partial charge in [0.1, 0.15) is 17.8 Å². The predicted octanol–water partition coefficient (Wildman–Crippen LogP) is 3.53. The molecule has 1 unspecified atom stereocenters. The Morgan fingerprint density at radius 1 is 0.941 bits per heavy atom. The first kappa shape index (κ1) is 19.5. The minimum atomic E-state index is -0.937. The van der Waals surface area contributed by atoms with Gasteiger partial charge in [0.2, 0.25) is 12.7 Å². The summed E-state index contributed by atoms with van der Waals surface area (Å²) < 4.78 is 17.1. The quantitative estimate of drug-likeness (QED) is 0.653. The van der Waals surface area contributed by atoms with E-state index in [0.717, 1.165) is 35.2 Å². The van der Waals surface area contributed by atoms with Gasteiger partial charge in [-0.2, -0.15) is 0 Å². The number of nitrogens with zero attached hydrogens (tertiary/aromatic N) is 1.